The molecule has 1 aliphatic rings. The summed E-state index contributed by atoms with van der Waals surface area (Å²) in [5.74, 6) is 0. The van der Waals surface area contributed by atoms with Crippen LogP contribution in [0.15, 0.2) is 18.5 Å². The van der Waals surface area contributed by atoms with Gasteiger partial charge in [-0.15, -0.1) is 0 Å². The zero-order chi connectivity index (χ0) is 11.5. The zero-order valence-corrected chi connectivity index (χ0v) is 8.54. The monoisotopic (exact) mass is 225 g/mol. The summed E-state index contributed by atoms with van der Waals surface area (Å²) < 4.78 is 5.72. The zero-order valence-electron chi connectivity index (χ0n) is 8.54. The number of rotatable bonds is 2. The lowest BCUT2D eigenvalue weighted by Gasteiger charge is -2.27. The molecule has 0 N–H and O–H groups in total. The lowest BCUT2D eigenvalue weighted by atomic mass is 10.3. The Balaban J connectivity index is 2.36. The first-order valence-electron chi connectivity index (χ1n) is 4.88. The maximum absolute atomic E-state index is 11.1. The van der Waals surface area contributed by atoms with Crippen molar-refractivity contribution in [2.24, 2.45) is 0 Å². The van der Waals surface area contributed by atoms with Crippen molar-refractivity contribution in [2.45, 2.75) is 0 Å². The fourth-order valence-electron chi connectivity index (χ4n) is 1.66. The van der Waals surface area contributed by atoms with E-state index in [1.165, 1.54) is 12.3 Å². The summed E-state index contributed by atoms with van der Waals surface area (Å²) in [5, 5.41) is 22.0. The number of hydrogen-bond acceptors (Lipinski definition) is 5. The maximum Gasteiger partial charge on any atom is 0.304 e. The number of pyridine rings is 1. The molecule has 1 fully saturated rings. The molecule has 7 nitrogen and oxygen atoms in total. The van der Waals surface area contributed by atoms with Crippen LogP contribution in [0.4, 0.5) is 11.4 Å². The summed E-state index contributed by atoms with van der Waals surface area (Å²) in [7, 11) is 0. The quantitative estimate of drug-likeness (QED) is 0.308. The minimum atomic E-state index is -0.481. The summed E-state index contributed by atoms with van der Waals surface area (Å²) in [5.41, 5.74) is 0.305. The predicted octanol–water partition coefficient (Wildman–Crippen LogP) is 0.0648. The van der Waals surface area contributed by atoms with Crippen molar-refractivity contribution in [3.8, 4) is 0 Å². The standard InChI is InChI=1S/C9H11N3O4/c13-11-2-1-8(12(14)15)9(7-11)10-3-5-16-6-4-10/h1-2,7H,3-6H2. The Labute approximate surface area is 91.6 Å². The van der Waals surface area contributed by atoms with Crippen LogP contribution in [0, 0.1) is 15.3 Å². The SMILES string of the molecule is O=[N+]([O-])c1cc[n+]([O-])cc1N1CCOCC1. The van der Waals surface area contributed by atoms with E-state index >= 15 is 0 Å². The van der Waals surface area contributed by atoms with Crippen LogP contribution in [0.25, 0.3) is 0 Å². The first kappa shape index (κ1) is 10.6. The molecule has 0 bridgehead atoms. The van der Waals surface area contributed by atoms with Crippen molar-refractivity contribution in [1.82, 2.24) is 0 Å². The molecule has 0 spiro atoms. The third-order valence-electron chi connectivity index (χ3n) is 2.44. The van der Waals surface area contributed by atoms with Gasteiger partial charge in [0.1, 0.15) is 0 Å². The van der Waals surface area contributed by atoms with Crippen LogP contribution in [-0.4, -0.2) is 31.2 Å². The molecule has 7 heteroatoms. The van der Waals surface area contributed by atoms with Gasteiger partial charge in [0.2, 0.25) is 6.20 Å². The highest BCUT2D eigenvalue weighted by atomic mass is 16.6. The first-order valence-corrected chi connectivity index (χ1v) is 4.88. The summed E-state index contributed by atoms with van der Waals surface area (Å²) in [6, 6.07) is 1.22. The van der Waals surface area contributed by atoms with E-state index in [4.69, 9.17) is 4.74 Å². The fraction of sp³-hybridized carbons (Fsp3) is 0.444. The molecule has 0 saturated carbocycles. The van der Waals surface area contributed by atoms with Gasteiger partial charge in [0.15, 0.2) is 11.9 Å². The van der Waals surface area contributed by atoms with Crippen molar-refractivity contribution in [1.29, 1.82) is 0 Å². The van der Waals surface area contributed by atoms with Crippen LogP contribution in [0.5, 0.6) is 0 Å². The van der Waals surface area contributed by atoms with Gasteiger partial charge in [-0.3, -0.25) is 10.1 Å². The number of hydrogen-bond donors (Lipinski definition) is 0. The van der Waals surface area contributed by atoms with E-state index in [1.54, 1.807) is 4.90 Å². The van der Waals surface area contributed by atoms with Gasteiger partial charge in [0, 0.05) is 13.1 Å². The number of nitro groups is 1. The number of morpholine rings is 1. The van der Waals surface area contributed by atoms with Gasteiger partial charge in [0.05, 0.1) is 24.2 Å². The average molecular weight is 225 g/mol. The van der Waals surface area contributed by atoms with Crippen molar-refractivity contribution in [2.75, 3.05) is 31.2 Å². The minimum Gasteiger partial charge on any atom is -0.619 e. The van der Waals surface area contributed by atoms with E-state index in [1.807, 2.05) is 0 Å². The molecule has 1 aromatic heterocycles. The van der Waals surface area contributed by atoms with Gasteiger partial charge in [-0.1, -0.05) is 0 Å². The highest BCUT2D eigenvalue weighted by Crippen LogP contribution is 2.26. The molecule has 1 aliphatic heterocycles. The third-order valence-corrected chi connectivity index (χ3v) is 2.44. The molecule has 86 valence electrons. The molecule has 0 amide bonds. The van der Waals surface area contributed by atoms with Gasteiger partial charge in [-0.05, 0) is 0 Å². The Morgan fingerprint density at radius 1 is 1.44 bits per heavy atom. The molecule has 0 radical (unpaired) electrons. The van der Waals surface area contributed by atoms with Crippen molar-refractivity contribution in [3.63, 3.8) is 0 Å². The average Bonchev–Trinajstić information content (AvgIpc) is 2.29. The molecule has 2 rings (SSSR count). The molecule has 0 aromatic carbocycles. The topological polar surface area (TPSA) is 82.5 Å². The molecule has 0 atom stereocenters. The molecular formula is C9H11N3O4. The summed E-state index contributed by atoms with van der Waals surface area (Å²) in [6.07, 6.45) is 2.35. The Bertz CT molecular complexity index is 404. The van der Waals surface area contributed by atoms with E-state index < -0.39 is 4.92 Å². The summed E-state index contributed by atoms with van der Waals surface area (Å²) in [6.45, 7) is 2.16. The van der Waals surface area contributed by atoms with E-state index in [-0.39, 0.29) is 5.69 Å². The van der Waals surface area contributed by atoms with E-state index in [2.05, 4.69) is 0 Å². The van der Waals surface area contributed by atoms with Gasteiger partial charge in [-0.2, -0.15) is 4.73 Å². The normalized spacial score (nSPS) is 16.1. The smallest absolute Gasteiger partial charge is 0.304 e. The van der Waals surface area contributed by atoms with Crippen LogP contribution < -0.4 is 9.63 Å². The van der Waals surface area contributed by atoms with Crippen molar-refractivity contribution in [3.05, 3.63) is 33.8 Å². The van der Waals surface area contributed by atoms with Crippen LogP contribution >= 0.6 is 0 Å². The van der Waals surface area contributed by atoms with Gasteiger partial charge < -0.3 is 14.8 Å². The molecule has 0 unspecified atom stereocenters. The predicted molar refractivity (Wildman–Crippen MR) is 55.1 cm³/mol. The van der Waals surface area contributed by atoms with Gasteiger partial charge >= 0.3 is 5.69 Å². The second kappa shape index (κ2) is 4.31. The molecule has 1 saturated heterocycles. The van der Waals surface area contributed by atoms with Crippen molar-refractivity contribution < 1.29 is 14.4 Å². The highest BCUT2D eigenvalue weighted by molar-refractivity contribution is 5.60. The molecular weight excluding hydrogens is 214 g/mol. The molecule has 0 aliphatic carbocycles. The number of aromatic nitrogens is 1. The molecule has 1 aromatic rings. The summed E-state index contributed by atoms with van der Waals surface area (Å²) >= 11 is 0. The minimum absolute atomic E-state index is 0.0472. The second-order valence-electron chi connectivity index (χ2n) is 3.43. The number of ether oxygens (including phenoxy) is 1. The van der Waals surface area contributed by atoms with Gasteiger partial charge in [0.25, 0.3) is 0 Å². The number of anilines is 1. The molecule has 2 heterocycles. The highest BCUT2D eigenvalue weighted by Gasteiger charge is 2.24. The Morgan fingerprint density at radius 2 is 2.12 bits per heavy atom. The molecule has 16 heavy (non-hydrogen) atoms. The Morgan fingerprint density at radius 3 is 2.75 bits per heavy atom. The van der Waals surface area contributed by atoms with E-state index in [0.29, 0.717) is 36.7 Å². The lowest BCUT2D eigenvalue weighted by molar-refractivity contribution is -0.605. The Hall–Kier alpha value is -1.89. The van der Waals surface area contributed by atoms with Gasteiger partial charge in [-0.25, -0.2) is 0 Å². The Kier molecular flexibility index (Phi) is 2.86. The number of nitrogens with zero attached hydrogens (tertiary/aromatic N) is 3. The fourth-order valence-corrected chi connectivity index (χ4v) is 1.66. The van der Waals surface area contributed by atoms with Crippen molar-refractivity contribution >= 4 is 11.4 Å². The third kappa shape index (κ3) is 2.03. The van der Waals surface area contributed by atoms with Crippen LogP contribution in [0.1, 0.15) is 0 Å². The van der Waals surface area contributed by atoms with Crippen LogP contribution in [0.2, 0.25) is 0 Å². The lowest BCUT2D eigenvalue weighted by Crippen LogP contribution is -2.38. The largest absolute Gasteiger partial charge is 0.619 e. The summed E-state index contributed by atoms with van der Waals surface area (Å²) in [4.78, 5) is 12.1. The van der Waals surface area contributed by atoms with E-state index in [9.17, 15) is 15.3 Å². The van der Waals surface area contributed by atoms with Crippen LogP contribution in [-0.2, 0) is 4.74 Å². The van der Waals surface area contributed by atoms with Crippen LogP contribution in [0.3, 0.4) is 0 Å². The first-order chi connectivity index (χ1) is 7.68. The maximum atomic E-state index is 11.1. The van der Waals surface area contributed by atoms with E-state index in [0.717, 1.165) is 6.20 Å². The second-order valence-corrected chi connectivity index (χ2v) is 3.43.